The average molecular weight is 468 g/mol. The Hall–Kier alpha value is -3.01. The minimum absolute atomic E-state index is 0.151. The summed E-state index contributed by atoms with van der Waals surface area (Å²) in [5.74, 6) is -0.101. The maximum absolute atomic E-state index is 13.9. The van der Waals surface area contributed by atoms with Crippen LogP contribution in [0.2, 0.25) is 5.02 Å². The fraction of sp³-hybridized carbons (Fsp3) is 0.138. The molecule has 33 heavy (non-hydrogen) atoms. The first kappa shape index (κ1) is 20.6. The highest BCUT2D eigenvalue weighted by molar-refractivity contribution is 7.99. The van der Waals surface area contributed by atoms with E-state index in [1.54, 1.807) is 0 Å². The second-order valence-electron chi connectivity index (χ2n) is 8.64. The summed E-state index contributed by atoms with van der Waals surface area (Å²) < 4.78 is 0. The van der Waals surface area contributed by atoms with Crippen LogP contribution in [0.4, 0.5) is 5.69 Å². The van der Waals surface area contributed by atoms with Gasteiger partial charge in [-0.1, -0.05) is 96.5 Å². The van der Waals surface area contributed by atoms with Gasteiger partial charge in [-0.3, -0.25) is 9.69 Å². The van der Waals surface area contributed by atoms with Crippen LogP contribution in [0.1, 0.15) is 34.3 Å². The Morgan fingerprint density at radius 3 is 2.06 bits per heavy atom. The molecule has 4 aromatic carbocycles. The number of β-lactam (4-membered cyclic amide) rings is 1. The van der Waals surface area contributed by atoms with E-state index in [1.807, 2.05) is 48.2 Å². The molecule has 0 unspecified atom stereocenters. The van der Waals surface area contributed by atoms with Crippen LogP contribution in [-0.2, 0) is 10.3 Å². The molecule has 0 aliphatic carbocycles. The second-order valence-corrected chi connectivity index (χ2v) is 10.3. The van der Waals surface area contributed by atoms with E-state index in [4.69, 9.17) is 11.6 Å². The average Bonchev–Trinajstić information content (AvgIpc) is 2.98. The van der Waals surface area contributed by atoms with E-state index in [-0.39, 0.29) is 17.1 Å². The Balaban J connectivity index is 1.61. The van der Waals surface area contributed by atoms with E-state index >= 15 is 0 Å². The van der Waals surface area contributed by atoms with Crippen molar-refractivity contribution in [1.29, 1.82) is 0 Å². The summed E-state index contributed by atoms with van der Waals surface area (Å²) in [6, 6.07) is 37.2. The summed E-state index contributed by atoms with van der Waals surface area (Å²) in [5.41, 5.74) is 3.96. The second kappa shape index (κ2) is 8.09. The van der Waals surface area contributed by atoms with Crippen molar-refractivity contribution in [3.63, 3.8) is 0 Å². The summed E-state index contributed by atoms with van der Waals surface area (Å²) in [5, 5.41) is 0.902. The number of carbonyl (C=O) groups excluding carboxylic acids is 1. The fourth-order valence-corrected chi connectivity index (χ4v) is 6.92. The summed E-state index contributed by atoms with van der Waals surface area (Å²) in [4.78, 5) is 17.1. The molecule has 0 saturated carbocycles. The zero-order chi connectivity index (χ0) is 22.4. The third-order valence-corrected chi connectivity index (χ3v) is 8.44. The van der Waals surface area contributed by atoms with Crippen LogP contribution >= 0.6 is 23.4 Å². The van der Waals surface area contributed by atoms with Crippen LogP contribution in [0, 0.1) is 0 Å². The van der Waals surface area contributed by atoms with Crippen molar-refractivity contribution in [3.05, 3.63) is 131 Å². The topological polar surface area (TPSA) is 20.3 Å². The first-order chi connectivity index (χ1) is 16.2. The molecule has 0 spiro atoms. The highest BCUT2D eigenvalue weighted by Crippen LogP contribution is 2.63. The lowest BCUT2D eigenvalue weighted by Crippen LogP contribution is -2.67. The Bertz CT molecular complexity index is 1310. The number of hydrogen-bond donors (Lipinski definition) is 0. The molecular weight excluding hydrogens is 446 g/mol. The van der Waals surface area contributed by atoms with Crippen molar-refractivity contribution in [2.45, 2.75) is 28.0 Å². The number of nitrogens with zero attached hydrogens (tertiary/aromatic N) is 1. The Kier molecular flexibility index (Phi) is 5.05. The van der Waals surface area contributed by atoms with E-state index < -0.39 is 5.54 Å². The van der Waals surface area contributed by atoms with Crippen LogP contribution in [0.5, 0.6) is 0 Å². The van der Waals surface area contributed by atoms with Gasteiger partial charge in [0.05, 0.1) is 17.1 Å². The summed E-state index contributed by atoms with van der Waals surface area (Å²) in [7, 11) is 0. The Morgan fingerprint density at radius 1 is 0.758 bits per heavy atom. The molecule has 1 fully saturated rings. The van der Waals surface area contributed by atoms with Crippen molar-refractivity contribution >= 4 is 35.0 Å². The standard InChI is InChI=1S/C29H22ClNOS/c30-23-17-15-22(16-18-23)29-19-26(20-9-3-1-4-10-20)33-25-14-8-7-13-24(25)31(29)28(32)27(29)21-11-5-2-6-12-21/h1-18,26-27H,19H2/t26-,27+,29-/m1/s1. The quantitative estimate of drug-likeness (QED) is 0.289. The SMILES string of the molecule is O=C1[C@H](c2ccccc2)[C@]2(c3ccc(Cl)cc3)C[C@H](c3ccccc3)Sc3ccccc3N12. The molecule has 162 valence electrons. The first-order valence-electron chi connectivity index (χ1n) is 11.1. The van der Waals surface area contributed by atoms with Crippen molar-refractivity contribution in [1.82, 2.24) is 0 Å². The zero-order valence-corrected chi connectivity index (χ0v) is 19.5. The van der Waals surface area contributed by atoms with Gasteiger partial charge < -0.3 is 0 Å². The molecule has 0 aromatic heterocycles. The predicted molar refractivity (Wildman–Crippen MR) is 136 cm³/mol. The zero-order valence-electron chi connectivity index (χ0n) is 17.9. The van der Waals surface area contributed by atoms with Gasteiger partial charge in [0.1, 0.15) is 0 Å². The predicted octanol–water partition coefficient (Wildman–Crippen LogP) is 7.60. The molecule has 2 aliphatic heterocycles. The van der Waals surface area contributed by atoms with Crippen molar-refractivity contribution in [3.8, 4) is 0 Å². The molecule has 4 aromatic rings. The third kappa shape index (κ3) is 3.22. The summed E-state index contributed by atoms with van der Waals surface area (Å²) >= 11 is 8.14. The van der Waals surface area contributed by atoms with Gasteiger partial charge in [-0.2, -0.15) is 0 Å². The minimum Gasteiger partial charge on any atom is -0.299 e. The number of amides is 1. The number of thioether (sulfide) groups is 1. The van der Waals surface area contributed by atoms with Gasteiger partial charge in [-0.15, -0.1) is 11.8 Å². The van der Waals surface area contributed by atoms with Crippen molar-refractivity contribution in [2.75, 3.05) is 4.90 Å². The molecule has 2 aliphatic rings. The van der Waals surface area contributed by atoms with Gasteiger partial charge in [0, 0.05) is 15.2 Å². The van der Waals surface area contributed by atoms with Crippen molar-refractivity contribution < 1.29 is 4.79 Å². The smallest absolute Gasteiger partial charge is 0.238 e. The highest BCUT2D eigenvalue weighted by atomic mass is 35.5. The lowest BCUT2D eigenvalue weighted by Gasteiger charge is -2.58. The molecular formula is C29H22ClNOS. The molecule has 2 heterocycles. The monoisotopic (exact) mass is 467 g/mol. The molecule has 3 atom stereocenters. The maximum Gasteiger partial charge on any atom is 0.238 e. The molecule has 0 bridgehead atoms. The number of anilines is 1. The summed E-state index contributed by atoms with van der Waals surface area (Å²) in [6.07, 6.45) is 0.809. The van der Waals surface area contributed by atoms with E-state index in [1.165, 1.54) is 5.56 Å². The number of hydrogen-bond acceptors (Lipinski definition) is 2. The van der Waals surface area contributed by atoms with E-state index in [9.17, 15) is 4.79 Å². The number of carbonyl (C=O) groups is 1. The summed E-state index contributed by atoms with van der Waals surface area (Å²) in [6.45, 7) is 0. The van der Waals surface area contributed by atoms with Gasteiger partial charge >= 0.3 is 0 Å². The lowest BCUT2D eigenvalue weighted by atomic mass is 9.63. The van der Waals surface area contributed by atoms with E-state index in [0.717, 1.165) is 28.1 Å². The van der Waals surface area contributed by atoms with Crippen LogP contribution in [0.25, 0.3) is 0 Å². The van der Waals surface area contributed by atoms with Gasteiger partial charge in [-0.25, -0.2) is 0 Å². The number of fused-ring (bicyclic) bond motifs is 3. The number of benzene rings is 4. The van der Waals surface area contributed by atoms with Gasteiger partial charge in [0.15, 0.2) is 0 Å². The lowest BCUT2D eigenvalue weighted by molar-refractivity contribution is -0.131. The van der Waals surface area contributed by atoms with E-state index in [0.29, 0.717) is 5.02 Å². The molecule has 1 saturated heterocycles. The Labute approximate surface area is 203 Å². The third-order valence-electron chi connectivity index (χ3n) is 6.86. The number of rotatable bonds is 3. The molecule has 6 rings (SSSR count). The number of halogens is 1. The normalized spacial score (nSPS) is 23.8. The first-order valence-corrected chi connectivity index (χ1v) is 12.4. The Morgan fingerprint density at radius 2 is 1.36 bits per heavy atom. The van der Waals surface area contributed by atoms with Gasteiger partial charge in [0.25, 0.3) is 0 Å². The largest absolute Gasteiger partial charge is 0.299 e. The number of para-hydroxylation sites is 1. The molecule has 2 nitrogen and oxygen atoms in total. The van der Waals surface area contributed by atoms with Crippen LogP contribution in [0.15, 0.2) is 114 Å². The van der Waals surface area contributed by atoms with E-state index in [2.05, 4.69) is 77.7 Å². The molecule has 4 heteroatoms. The van der Waals surface area contributed by atoms with Crippen LogP contribution < -0.4 is 4.90 Å². The van der Waals surface area contributed by atoms with Crippen LogP contribution in [0.3, 0.4) is 0 Å². The maximum atomic E-state index is 13.9. The van der Waals surface area contributed by atoms with Crippen molar-refractivity contribution in [2.24, 2.45) is 0 Å². The van der Waals surface area contributed by atoms with Gasteiger partial charge in [-0.05, 0) is 47.4 Å². The molecule has 1 amide bonds. The fourth-order valence-electron chi connectivity index (χ4n) is 5.42. The highest BCUT2D eigenvalue weighted by Gasteiger charge is 2.63. The van der Waals surface area contributed by atoms with Crippen LogP contribution in [-0.4, -0.2) is 5.91 Å². The van der Waals surface area contributed by atoms with Gasteiger partial charge in [0.2, 0.25) is 5.91 Å². The minimum atomic E-state index is -0.497. The molecule has 0 radical (unpaired) electrons. The molecule has 0 N–H and O–H groups in total.